The van der Waals surface area contributed by atoms with Crippen LogP contribution in [0.4, 0.5) is 0 Å². The summed E-state index contributed by atoms with van der Waals surface area (Å²) >= 11 is 0. The number of benzene rings is 1. The number of amides is 1. The first-order chi connectivity index (χ1) is 11.3. The van der Waals surface area contributed by atoms with Crippen LogP contribution in [0.3, 0.4) is 0 Å². The number of carbonyl (C=O) groups excluding carboxylic acids is 1. The number of carbonyl (C=O) groups is 1. The molecule has 2 atom stereocenters. The van der Waals surface area contributed by atoms with Crippen molar-refractivity contribution in [2.24, 2.45) is 0 Å². The minimum atomic E-state index is 0.195. The number of aromatic nitrogens is 4. The molecule has 7 heteroatoms. The van der Waals surface area contributed by atoms with Crippen molar-refractivity contribution >= 4 is 5.91 Å². The lowest BCUT2D eigenvalue weighted by Gasteiger charge is -2.37. The number of ether oxygens (including phenoxy) is 1. The number of morpholine rings is 1. The standard InChI is InChI=1S/C16H19N5O2/c22-16(20-8-9-23-15-3-1-2-14(15)20)10-12-4-6-13(7-5-12)21-11-17-18-19-21/h4-7,11,14-15H,1-3,8-10H2/t14-,15-/m1/s1. The van der Waals surface area contributed by atoms with Crippen LogP contribution in [0.15, 0.2) is 30.6 Å². The van der Waals surface area contributed by atoms with E-state index in [9.17, 15) is 4.79 Å². The molecule has 1 saturated heterocycles. The molecule has 2 fully saturated rings. The van der Waals surface area contributed by atoms with Crippen LogP contribution in [-0.4, -0.2) is 56.3 Å². The molecule has 0 bridgehead atoms. The lowest BCUT2D eigenvalue weighted by atomic mass is 10.1. The van der Waals surface area contributed by atoms with Gasteiger partial charge in [-0.05, 0) is 47.4 Å². The van der Waals surface area contributed by atoms with Gasteiger partial charge in [-0.25, -0.2) is 4.68 Å². The van der Waals surface area contributed by atoms with Gasteiger partial charge < -0.3 is 9.64 Å². The summed E-state index contributed by atoms with van der Waals surface area (Å²) in [5.41, 5.74) is 1.89. The molecule has 2 aliphatic rings. The molecule has 4 rings (SSSR count). The van der Waals surface area contributed by atoms with Gasteiger partial charge >= 0.3 is 0 Å². The molecule has 1 saturated carbocycles. The van der Waals surface area contributed by atoms with E-state index >= 15 is 0 Å². The molecule has 2 aromatic rings. The highest BCUT2D eigenvalue weighted by atomic mass is 16.5. The third-order valence-electron chi connectivity index (χ3n) is 4.71. The van der Waals surface area contributed by atoms with Gasteiger partial charge in [0.25, 0.3) is 0 Å². The van der Waals surface area contributed by atoms with Crippen LogP contribution in [-0.2, 0) is 16.0 Å². The molecule has 2 heterocycles. The summed E-state index contributed by atoms with van der Waals surface area (Å²) in [7, 11) is 0. The van der Waals surface area contributed by atoms with Crippen molar-refractivity contribution < 1.29 is 9.53 Å². The predicted octanol–water partition coefficient (Wildman–Crippen LogP) is 0.985. The van der Waals surface area contributed by atoms with Crippen LogP contribution in [0.2, 0.25) is 0 Å². The Hall–Kier alpha value is -2.28. The Labute approximate surface area is 134 Å². The summed E-state index contributed by atoms with van der Waals surface area (Å²) < 4.78 is 7.37. The molecule has 1 amide bonds. The molecule has 0 unspecified atom stereocenters. The van der Waals surface area contributed by atoms with Gasteiger partial charge in [0, 0.05) is 6.54 Å². The Kier molecular flexibility index (Phi) is 3.78. The van der Waals surface area contributed by atoms with Gasteiger partial charge in [-0.1, -0.05) is 12.1 Å². The highest BCUT2D eigenvalue weighted by Gasteiger charge is 2.38. The Morgan fingerprint density at radius 2 is 2.13 bits per heavy atom. The number of fused-ring (bicyclic) bond motifs is 1. The van der Waals surface area contributed by atoms with Crippen molar-refractivity contribution in [3.05, 3.63) is 36.2 Å². The molecular weight excluding hydrogens is 294 g/mol. The molecule has 0 spiro atoms. The van der Waals surface area contributed by atoms with Crippen LogP contribution in [0.1, 0.15) is 24.8 Å². The molecule has 0 radical (unpaired) electrons. The highest BCUT2D eigenvalue weighted by molar-refractivity contribution is 5.79. The fraction of sp³-hybridized carbons (Fsp3) is 0.500. The normalized spacial score (nSPS) is 23.7. The van der Waals surface area contributed by atoms with Crippen molar-refractivity contribution in [1.29, 1.82) is 0 Å². The van der Waals surface area contributed by atoms with E-state index in [0.29, 0.717) is 19.6 Å². The molecule has 120 valence electrons. The second kappa shape index (κ2) is 6.08. The summed E-state index contributed by atoms with van der Waals surface area (Å²) in [6, 6.07) is 8.05. The zero-order chi connectivity index (χ0) is 15.6. The summed E-state index contributed by atoms with van der Waals surface area (Å²) in [6.07, 6.45) is 5.52. The van der Waals surface area contributed by atoms with Gasteiger partial charge in [0.1, 0.15) is 6.33 Å². The summed E-state index contributed by atoms with van der Waals surface area (Å²) in [5, 5.41) is 11.1. The van der Waals surface area contributed by atoms with Crippen LogP contribution in [0.5, 0.6) is 0 Å². The monoisotopic (exact) mass is 313 g/mol. The Morgan fingerprint density at radius 1 is 1.26 bits per heavy atom. The van der Waals surface area contributed by atoms with Crippen molar-refractivity contribution in [1.82, 2.24) is 25.1 Å². The van der Waals surface area contributed by atoms with Crippen LogP contribution >= 0.6 is 0 Å². The van der Waals surface area contributed by atoms with E-state index in [4.69, 9.17) is 4.74 Å². The number of rotatable bonds is 3. The van der Waals surface area contributed by atoms with E-state index in [1.807, 2.05) is 29.2 Å². The number of nitrogens with zero attached hydrogens (tertiary/aromatic N) is 5. The van der Waals surface area contributed by atoms with Gasteiger partial charge in [-0.15, -0.1) is 5.10 Å². The molecule has 0 N–H and O–H groups in total. The number of hydrogen-bond donors (Lipinski definition) is 0. The summed E-state index contributed by atoms with van der Waals surface area (Å²) in [6.45, 7) is 1.37. The van der Waals surface area contributed by atoms with Crippen LogP contribution in [0.25, 0.3) is 5.69 Å². The zero-order valence-corrected chi connectivity index (χ0v) is 12.8. The minimum absolute atomic E-state index is 0.195. The predicted molar refractivity (Wildman–Crippen MR) is 82.0 cm³/mol. The Morgan fingerprint density at radius 3 is 2.91 bits per heavy atom. The summed E-state index contributed by atoms with van der Waals surface area (Å²) in [4.78, 5) is 14.7. The van der Waals surface area contributed by atoms with E-state index in [-0.39, 0.29) is 18.1 Å². The molecule has 1 aliphatic heterocycles. The van der Waals surface area contributed by atoms with Gasteiger partial charge in [-0.2, -0.15) is 0 Å². The van der Waals surface area contributed by atoms with Crippen molar-refractivity contribution in [3.8, 4) is 5.69 Å². The summed E-state index contributed by atoms with van der Waals surface area (Å²) in [5.74, 6) is 0.195. The Balaban J connectivity index is 1.44. The van der Waals surface area contributed by atoms with E-state index < -0.39 is 0 Å². The fourth-order valence-electron chi connectivity index (χ4n) is 3.56. The lowest BCUT2D eigenvalue weighted by molar-refractivity contribution is -0.143. The van der Waals surface area contributed by atoms with E-state index in [2.05, 4.69) is 15.5 Å². The maximum absolute atomic E-state index is 12.7. The quantitative estimate of drug-likeness (QED) is 0.845. The smallest absolute Gasteiger partial charge is 0.227 e. The third-order valence-corrected chi connectivity index (χ3v) is 4.71. The topological polar surface area (TPSA) is 73.1 Å². The first-order valence-corrected chi connectivity index (χ1v) is 8.04. The molecule has 1 aromatic heterocycles. The second-order valence-electron chi connectivity index (χ2n) is 6.09. The molecule has 1 aromatic carbocycles. The van der Waals surface area contributed by atoms with Crippen LogP contribution in [0, 0.1) is 0 Å². The molecule has 1 aliphatic carbocycles. The van der Waals surface area contributed by atoms with Gasteiger partial charge in [0.15, 0.2) is 0 Å². The molecule has 23 heavy (non-hydrogen) atoms. The second-order valence-corrected chi connectivity index (χ2v) is 6.09. The van der Waals surface area contributed by atoms with Gasteiger partial charge in [0.05, 0.1) is 30.9 Å². The van der Waals surface area contributed by atoms with Crippen LogP contribution < -0.4 is 0 Å². The Bertz CT molecular complexity index is 670. The maximum atomic E-state index is 12.7. The zero-order valence-electron chi connectivity index (χ0n) is 12.8. The van der Waals surface area contributed by atoms with Crippen molar-refractivity contribution in [2.45, 2.75) is 37.8 Å². The van der Waals surface area contributed by atoms with E-state index in [0.717, 1.165) is 30.5 Å². The van der Waals surface area contributed by atoms with Crippen molar-refractivity contribution in [2.75, 3.05) is 13.2 Å². The van der Waals surface area contributed by atoms with E-state index in [1.54, 1.807) is 11.0 Å². The van der Waals surface area contributed by atoms with Gasteiger partial charge in [0.2, 0.25) is 5.91 Å². The SMILES string of the molecule is O=C(Cc1ccc(-n2cnnn2)cc1)N1CCO[C@@H]2CCC[C@H]21. The maximum Gasteiger partial charge on any atom is 0.227 e. The first kappa shape index (κ1) is 14.3. The first-order valence-electron chi connectivity index (χ1n) is 8.04. The van der Waals surface area contributed by atoms with Gasteiger partial charge in [-0.3, -0.25) is 4.79 Å². The molecule has 7 nitrogen and oxygen atoms in total. The van der Waals surface area contributed by atoms with E-state index in [1.165, 1.54) is 0 Å². The third kappa shape index (κ3) is 2.84. The number of tetrazole rings is 1. The average molecular weight is 313 g/mol. The number of hydrogen-bond acceptors (Lipinski definition) is 5. The largest absolute Gasteiger partial charge is 0.374 e. The molecular formula is C16H19N5O2. The van der Waals surface area contributed by atoms with Crippen molar-refractivity contribution in [3.63, 3.8) is 0 Å². The highest BCUT2D eigenvalue weighted by Crippen LogP contribution is 2.30. The fourth-order valence-corrected chi connectivity index (χ4v) is 3.56. The minimum Gasteiger partial charge on any atom is -0.374 e. The average Bonchev–Trinajstić information content (AvgIpc) is 3.26. The lowest BCUT2D eigenvalue weighted by Crippen LogP contribution is -2.51.